The van der Waals surface area contributed by atoms with E-state index >= 15 is 0 Å². The second kappa shape index (κ2) is 2.30. The van der Waals surface area contributed by atoms with Gasteiger partial charge in [0.25, 0.3) is 0 Å². The lowest BCUT2D eigenvalue weighted by molar-refractivity contribution is -0.158. The summed E-state index contributed by atoms with van der Waals surface area (Å²) in [5.41, 5.74) is -2.59. The van der Waals surface area contributed by atoms with Crippen molar-refractivity contribution < 1.29 is 14.3 Å². The number of hydrogen-bond acceptors (Lipinski definition) is 2. The average Bonchev–Trinajstić information content (AvgIpc) is 2.74. The minimum Gasteiger partial charge on any atom is -0.479 e. The number of alkyl halides is 1. The Labute approximate surface area is 81.7 Å². The smallest absolute Gasteiger partial charge is 0.343 e. The molecule has 1 spiro atoms. The topological polar surface area (TPSA) is 49.3 Å². The number of rotatable bonds is 1. The van der Waals surface area contributed by atoms with Gasteiger partial charge in [0.1, 0.15) is 0 Å². The Bertz CT molecular complexity index is 304. The van der Waals surface area contributed by atoms with Gasteiger partial charge in [0.05, 0.1) is 0 Å². The van der Waals surface area contributed by atoms with Gasteiger partial charge in [-0.05, 0) is 31.1 Å². The molecule has 1 heterocycles. The Morgan fingerprint density at radius 2 is 2.29 bits per heavy atom. The molecule has 3 rings (SSSR count). The van der Waals surface area contributed by atoms with Crippen molar-refractivity contribution in [3.05, 3.63) is 0 Å². The van der Waals surface area contributed by atoms with Crippen LogP contribution in [0.4, 0.5) is 4.39 Å². The largest absolute Gasteiger partial charge is 0.479 e. The van der Waals surface area contributed by atoms with E-state index in [9.17, 15) is 9.18 Å². The van der Waals surface area contributed by atoms with Crippen LogP contribution in [-0.4, -0.2) is 29.8 Å². The molecule has 0 aromatic heterocycles. The summed E-state index contributed by atoms with van der Waals surface area (Å²) >= 11 is 0. The van der Waals surface area contributed by atoms with Crippen LogP contribution in [0.3, 0.4) is 0 Å². The minimum absolute atomic E-state index is 0.00838. The molecule has 0 radical (unpaired) electrons. The molecule has 0 aromatic rings. The van der Waals surface area contributed by atoms with E-state index < -0.39 is 17.1 Å². The van der Waals surface area contributed by atoms with Crippen molar-refractivity contribution in [2.75, 3.05) is 13.1 Å². The molecule has 14 heavy (non-hydrogen) atoms. The summed E-state index contributed by atoms with van der Waals surface area (Å²) < 4.78 is 14.4. The molecule has 4 heteroatoms. The fourth-order valence-electron chi connectivity index (χ4n) is 3.65. The molecule has 78 valence electrons. The lowest BCUT2D eigenvalue weighted by atomic mass is 9.71. The summed E-state index contributed by atoms with van der Waals surface area (Å²) in [4.78, 5) is 11.0. The first-order valence-electron chi connectivity index (χ1n) is 5.23. The summed E-state index contributed by atoms with van der Waals surface area (Å²) in [6.45, 7) is 0.544. The Morgan fingerprint density at radius 1 is 1.50 bits per heavy atom. The number of aliphatic carboxylic acids is 1. The molecule has 3 fully saturated rings. The maximum atomic E-state index is 14.4. The first kappa shape index (κ1) is 8.65. The standard InChI is InChI=1S/C10H14FNO2/c11-10(8(13)14)5-12-4-9(10)2-1-6-3-7(6)9/h6-7,12H,1-5H2,(H,13,14). The van der Waals surface area contributed by atoms with Gasteiger partial charge in [-0.2, -0.15) is 0 Å². The van der Waals surface area contributed by atoms with Gasteiger partial charge in [0, 0.05) is 18.5 Å². The zero-order valence-corrected chi connectivity index (χ0v) is 7.92. The van der Waals surface area contributed by atoms with Crippen LogP contribution in [0, 0.1) is 17.3 Å². The number of carboxylic acid groups (broad SMARTS) is 1. The van der Waals surface area contributed by atoms with Crippen LogP contribution in [0.15, 0.2) is 0 Å². The van der Waals surface area contributed by atoms with E-state index in [1.165, 1.54) is 0 Å². The predicted molar refractivity (Wildman–Crippen MR) is 47.6 cm³/mol. The Hall–Kier alpha value is -0.640. The Balaban J connectivity index is 2.01. The molecule has 2 aliphatic carbocycles. The quantitative estimate of drug-likeness (QED) is 0.656. The first-order chi connectivity index (χ1) is 6.60. The van der Waals surface area contributed by atoms with E-state index in [0.717, 1.165) is 19.3 Å². The van der Waals surface area contributed by atoms with Crippen molar-refractivity contribution in [2.24, 2.45) is 17.3 Å². The van der Waals surface area contributed by atoms with Gasteiger partial charge in [0.2, 0.25) is 5.67 Å². The van der Waals surface area contributed by atoms with Crippen molar-refractivity contribution in [3.8, 4) is 0 Å². The third-order valence-corrected chi connectivity index (χ3v) is 4.53. The van der Waals surface area contributed by atoms with Gasteiger partial charge in [-0.1, -0.05) is 0 Å². The van der Waals surface area contributed by atoms with E-state index in [0.29, 0.717) is 18.4 Å². The highest BCUT2D eigenvalue weighted by Crippen LogP contribution is 2.67. The summed E-state index contributed by atoms with van der Waals surface area (Å²) in [5, 5.41) is 11.9. The number of hydrogen-bond donors (Lipinski definition) is 2. The summed E-state index contributed by atoms with van der Waals surface area (Å²) in [5.74, 6) is -0.321. The minimum atomic E-state index is -2.01. The van der Waals surface area contributed by atoms with Crippen molar-refractivity contribution in [3.63, 3.8) is 0 Å². The molecule has 3 nitrogen and oxygen atoms in total. The lowest BCUT2D eigenvalue weighted by Crippen LogP contribution is -2.50. The SMILES string of the molecule is O=C(O)C1(F)CNCC12CCC1CC12. The normalized spacial score (nSPS) is 54.9. The fraction of sp³-hybridized carbons (Fsp3) is 0.900. The van der Waals surface area contributed by atoms with Gasteiger partial charge >= 0.3 is 5.97 Å². The Kier molecular flexibility index (Phi) is 1.42. The molecular formula is C10H14FNO2. The molecular weight excluding hydrogens is 185 g/mol. The highest BCUT2D eigenvalue weighted by molar-refractivity contribution is 5.80. The monoisotopic (exact) mass is 199 g/mol. The number of halogens is 1. The second-order valence-corrected chi connectivity index (χ2v) is 5.01. The van der Waals surface area contributed by atoms with Crippen LogP contribution in [-0.2, 0) is 4.79 Å². The van der Waals surface area contributed by atoms with E-state index in [1.807, 2.05) is 0 Å². The van der Waals surface area contributed by atoms with Crippen molar-refractivity contribution >= 4 is 5.97 Å². The van der Waals surface area contributed by atoms with E-state index in [-0.39, 0.29) is 6.54 Å². The van der Waals surface area contributed by atoms with Crippen LogP contribution >= 0.6 is 0 Å². The number of fused-ring (bicyclic) bond motifs is 2. The van der Waals surface area contributed by atoms with E-state index in [1.54, 1.807) is 0 Å². The first-order valence-corrected chi connectivity index (χ1v) is 5.23. The van der Waals surface area contributed by atoms with Crippen LogP contribution in [0.25, 0.3) is 0 Å². The molecule has 4 unspecified atom stereocenters. The number of carboxylic acids is 1. The molecule has 0 amide bonds. The molecule has 0 bridgehead atoms. The zero-order valence-electron chi connectivity index (χ0n) is 7.92. The Morgan fingerprint density at radius 3 is 2.79 bits per heavy atom. The van der Waals surface area contributed by atoms with Gasteiger partial charge in [-0.3, -0.25) is 0 Å². The van der Waals surface area contributed by atoms with Crippen LogP contribution in [0.2, 0.25) is 0 Å². The van der Waals surface area contributed by atoms with E-state index in [4.69, 9.17) is 5.11 Å². The van der Waals surface area contributed by atoms with Gasteiger partial charge in [0.15, 0.2) is 0 Å². The molecule has 2 saturated carbocycles. The third kappa shape index (κ3) is 0.749. The summed E-state index contributed by atoms with van der Waals surface area (Å²) in [6, 6.07) is 0. The number of nitrogens with one attached hydrogen (secondary N) is 1. The molecule has 1 saturated heterocycles. The summed E-state index contributed by atoms with van der Waals surface area (Å²) in [6.07, 6.45) is 2.81. The second-order valence-electron chi connectivity index (χ2n) is 5.01. The summed E-state index contributed by atoms with van der Waals surface area (Å²) in [7, 11) is 0. The molecule has 2 N–H and O–H groups in total. The molecule has 3 aliphatic rings. The van der Waals surface area contributed by atoms with Crippen LogP contribution in [0.1, 0.15) is 19.3 Å². The highest BCUT2D eigenvalue weighted by atomic mass is 19.1. The van der Waals surface area contributed by atoms with Crippen molar-refractivity contribution in [1.29, 1.82) is 0 Å². The van der Waals surface area contributed by atoms with Gasteiger partial charge in [-0.25, -0.2) is 9.18 Å². The third-order valence-electron chi connectivity index (χ3n) is 4.53. The lowest BCUT2D eigenvalue weighted by Gasteiger charge is -2.34. The molecule has 1 aliphatic heterocycles. The van der Waals surface area contributed by atoms with Gasteiger partial charge < -0.3 is 10.4 Å². The maximum absolute atomic E-state index is 14.4. The van der Waals surface area contributed by atoms with Gasteiger partial charge in [-0.15, -0.1) is 0 Å². The number of carbonyl (C=O) groups is 1. The molecule has 4 atom stereocenters. The molecule has 0 aromatic carbocycles. The fourth-order valence-corrected chi connectivity index (χ4v) is 3.65. The van der Waals surface area contributed by atoms with Crippen molar-refractivity contribution in [2.45, 2.75) is 24.9 Å². The maximum Gasteiger partial charge on any atom is 0.343 e. The predicted octanol–water partition coefficient (Wildman–Crippen LogP) is 0.799. The van der Waals surface area contributed by atoms with E-state index in [2.05, 4.69) is 5.32 Å². The zero-order chi connectivity index (χ0) is 9.97. The van der Waals surface area contributed by atoms with Crippen molar-refractivity contribution in [1.82, 2.24) is 5.32 Å². The van der Waals surface area contributed by atoms with Crippen LogP contribution < -0.4 is 5.32 Å². The van der Waals surface area contributed by atoms with Crippen LogP contribution in [0.5, 0.6) is 0 Å². The highest BCUT2D eigenvalue weighted by Gasteiger charge is 2.72. The average molecular weight is 199 g/mol.